The molecule has 0 fully saturated rings. The van der Waals surface area contributed by atoms with Gasteiger partial charge in [-0.3, -0.25) is 4.79 Å². The predicted molar refractivity (Wildman–Crippen MR) is 85.9 cm³/mol. The molecule has 0 aliphatic rings. The summed E-state index contributed by atoms with van der Waals surface area (Å²) >= 11 is 0. The molecule has 0 saturated heterocycles. The molecule has 0 radical (unpaired) electrons. The number of pyridine rings is 1. The van der Waals surface area contributed by atoms with E-state index >= 15 is 0 Å². The summed E-state index contributed by atoms with van der Waals surface area (Å²) in [5.74, 6) is 0.0715. The van der Waals surface area contributed by atoms with Gasteiger partial charge in [0.05, 0.1) is 16.3 Å². The quantitative estimate of drug-likeness (QED) is 0.695. The maximum absolute atomic E-state index is 11.9. The van der Waals surface area contributed by atoms with E-state index in [9.17, 15) is 13.2 Å². The molecule has 1 aromatic carbocycles. The van der Waals surface area contributed by atoms with Crippen molar-refractivity contribution in [1.29, 1.82) is 0 Å². The van der Waals surface area contributed by atoms with Crippen molar-refractivity contribution in [1.82, 2.24) is 4.40 Å². The number of aldehydes is 1. The van der Waals surface area contributed by atoms with E-state index in [1.807, 2.05) is 34.9 Å². The fourth-order valence-corrected chi connectivity index (χ4v) is 3.39. The van der Waals surface area contributed by atoms with E-state index in [-0.39, 0.29) is 5.75 Å². The van der Waals surface area contributed by atoms with Gasteiger partial charge in [0.1, 0.15) is 0 Å². The van der Waals surface area contributed by atoms with Gasteiger partial charge in [-0.05, 0) is 35.9 Å². The summed E-state index contributed by atoms with van der Waals surface area (Å²) in [6, 6.07) is 14.3. The minimum atomic E-state index is -3.21. The van der Waals surface area contributed by atoms with Gasteiger partial charge in [-0.2, -0.15) is 0 Å². The van der Waals surface area contributed by atoms with Gasteiger partial charge in [-0.15, -0.1) is 0 Å². The van der Waals surface area contributed by atoms with Crippen molar-refractivity contribution in [2.75, 3.05) is 5.75 Å². The first-order valence-electron chi connectivity index (χ1n) is 6.95. The van der Waals surface area contributed by atoms with E-state index < -0.39 is 9.84 Å². The number of fused-ring (bicyclic) bond motifs is 1. The molecular formula is C17H15NO3S. The number of aromatic nitrogens is 1. The molecule has 0 unspecified atom stereocenters. The van der Waals surface area contributed by atoms with Crippen LogP contribution in [0, 0.1) is 0 Å². The lowest BCUT2D eigenvalue weighted by Crippen LogP contribution is -2.03. The highest BCUT2D eigenvalue weighted by Crippen LogP contribution is 2.27. The molecule has 0 aliphatic heterocycles. The van der Waals surface area contributed by atoms with Crippen molar-refractivity contribution in [3.63, 3.8) is 0 Å². The Kier molecular flexibility index (Phi) is 3.58. The summed E-state index contributed by atoms with van der Waals surface area (Å²) in [4.78, 5) is 11.7. The molecule has 3 rings (SSSR count). The number of carbonyl (C=O) groups is 1. The van der Waals surface area contributed by atoms with Gasteiger partial charge in [0.15, 0.2) is 16.1 Å². The van der Waals surface area contributed by atoms with E-state index in [1.54, 1.807) is 31.2 Å². The zero-order valence-corrected chi connectivity index (χ0v) is 12.9. The molecule has 5 heteroatoms. The zero-order valence-electron chi connectivity index (χ0n) is 12.1. The van der Waals surface area contributed by atoms with E-state index in [1.165, 1.54) is 0 Å². The van der Waals surface area contributed by atoms with E-state index in [0.717, 1.165) is 22.9 Å². The first-order valence-corrected chi connectivity index (χ1v) is 8.60. The standard InChI is InChI=1S/C17H15NO3S/c1-2-22(20,21)15-8-6-13(7-9-15)16-11-14-5-3-4-10-18(14)17(16)12-19/h3-12H,2H2,1H3. The van der Waals surface area contributed by atoms with Crippen LogP contribution < -0.4 is 0 Å². The monoisotopic (exact) mass is 313 g/mol. The lowest BCUT2D eigenvalue weighted by molar-refractivity contribution is 0.111. The van der Waals surface area contributed by atoms with Crippen LogP contribution in [-0.4, -0.2) is 24.9 Å². The second kappa shape index (κ2) is 5.42. The van der Waals surface area contributed by atoms with Gasteiger partial charge < -0.3 is 4.40 Å². The molecule has 4 nitrogen and oxygen atoms in total. The van der Waals surface area contributed by atoms with Gasteiger partial charge in [0.25, 0.3) is 0 Å². The lowest BCUT2D eigenvalue weighted by atomic mass is 10.1. The first kappa shape index (κ1) is 14.5. The fourth-order valence-electron chi connectivity index (χ4n) is 2.50. The molecule has 2 aromatic heterocycles. The van der Waals surface area contributed by atoms with E-state index in [4.69, 9.17) is 0 Å². The highest BCUT2D eigenvalue weighted by molar-refractivity contribution is 7.91. The van der Waals surface area contributed by atoms with Crippen molar-refractivity contribution < 1.29 is 13.2 Å². The summed E-state index contributed by atoms with van der Waals surface area (Å²) < 4.78 is 25.5. The van der Waals surface area contributed by atoms with Gasteiger partial charge in [0.2, 0.25) is 0 Å². The Bertz CT molecular complexity index is 938. The highest BCUT2D eigenvalue weighted by Gasteiger charge is 2.14. The summed E-state index contributed by atoms with van der Waals surface area (Å²) in [5, 5.41) is 0. The Morgan fingerprint density at radius 3 is 2.45 bits per heavy atom. The third-order valence-electron chi connectivity index (χ3n) is 3.74. The van der Waals surface area contributed by atoms with Crippen LogP contribution in [0.3, 0.4) is 0 Å². The van der Waals surface area contributed by atoms with Crippen molar-refractivity contribution in [2.45, 2.75) is 11.8 Å². The Balaban J connectivity index is 2.14. The van der Waals surface area contributed by atoms with Crippen LogP contribution in [0.4, 0.5) is 0 Å². The predicted octanol–water partition coefficient (Wildman–Crippen LogP) is 3.21. The van der Waals surface area contributed by atoms with E-state index in [0.29, 0.717) is 10.6 Å². The Morgan fingerprint density at radius 2 is 1.82 bits per heavy atom. The molecule has 0 atom stereocenters. The molecular weight excluding hydrogens is 298 g/mol. The Hall–Kier alpha value is -2.40. The normalized spacial score (nSPS) is 11.7. The third kappa shape index (κ3) is 2.33. The Labute approximate surface area is 128 Å². The van der Waals surface area contributed by atoms with Crippen LogP contribution >= 0.6 is 0 Å². The first-order chi connectivity index (χ1) is 10.6. The average molecular weight is 313 g/mol. The summed E-state index contributed by atoms with van der Waals surface area (Å²) in [6.45, 7) is 1.62. The lowest BCUT2D eigenvalue weighted by Gasteiger charge is -2.04. The van der Waals surface area contributed by atoms with Gasteiger partial charge >= 0.3 is 0 Å². The SMILES string of the molecule is CCS(=O)(=O)c1ccc(-c2cc3ccccn3c2C=O)cc1. The maximum Gasteiger partial charge on any atom is 0.178 e. The van der Waals surface area contributed by atoms with Crippen LogP contribution in [0.15, 0.2) is 59.6 Å². The van der Waals surface area contributed by atoms with Crippen molar-refractivity contribution >= 4 is 21.6 Å². The Morgan fingerprint density at radius 1 is 1.09 bits per heavy atom. The average Bonchev–Trinajstić information content (AvgIpc) is 2.93. The largest absolute Gasteiger partial charge is 0.314 e. The fraction of sp³-hybridized carbons (Fsp3) is 0.118. The van der Waals surface area contributed by atoms with Gasteiger partial charge in [-0.25, -0.2) is 8.42 Å². The van der Waals surface area contributed by atoms with Crippen LogP contribution in [0.1, 0.15) is 17.4 Å². The van der Waals surface area contributed by atoms with Crippen molar-refractivity contribution in [3.05, 3.63) is 60.4 Å². The van der Waals surface area contributed by atoms with Crippen LogP contribution in [0.25, 0.3) is 16.6 Å². The number of benzene rings is 1. The molecule has 0 spiro atoms. The number of carbonyl (C=O) groups excluding carboxylic acids is 1. The van der Waals surface area contributed by atoms with Crippen LogP contribution in [0.5, 0.6) is 0 Å². The van der Waals surface area contributed by atoms with E-state index in [2.05, 4.69) is 0 Å². The number of hydrogen-bond donors (Lipinski definition) is 0. The van der Waals surface area contributed by atoms with Crippen molar-refractivity contribution in [3.8, 4) is 11.1 Å². The molecule has 0 N–H and O–H groups in total. The van der Waals surface area contributed by atoms with Crippen LogP contribution in [-0.2, 0) is 9.84 Å². The molecule has 22 heavy (non-hydrogen) atoms. The minimum absolute atomic E-state index is 0.0715. The summed E-state index contributed by atoms with van der Waals surface area (Å²) in [6.07, 6.45) is 2.65. The highest BCUT2D eigenvalue weighted by atomic mass is 32.2. The topological polar surface area (TPSA) is 55.6 Å². The molecule has 112 valence electrons. The third-order valence-corrected chi connectivity index (χ3v) is 5.49. The van der Waals surface area contributed by atoms with Gasteiger partial charge in [-0.1, -0.05) is 25.1 Å². The van der Waals surface area contributed by atoms with Gasteiger partial charge in [0, 0.05) is 17.3 Å². The maximum atomic E-state index is 11.9. The van der Waals surface area contributed by atoms with Crippen molar-refractivity contribution in [2.24, 2.45) is 0 Å². The molecule has 0 saturated carbocycles. The molecule has 3 aromatic rings. The smallest absolute Gasteiger partial charge is 0.178 e. The molecule has 0 amide bonds. The molecule has 0 bridgehead atoms. The number of hydrogen-bond acceptors (Lipinski definition) is 3. The molecule has 2 heterocycles. The zero-order chi connectivity index (χ0) is 15.7. The second-order valence-electron chi connectivity index (χ2n) is 4.98. The number of rotatable bonds is 4. The number of nitrogens with zero attached hydrogens (tertiary/aromatic N) is 1. The summed E-state index contributed by atoms with van der Waals surface area (Å²) in [7, 11) is -3.21. The summed E-state index contributed by atoms with van der Waals surface area (Å²) in [5.41, 5.74) is 3.09. The van der Waals surface area contributed by atoms with Crippen LogP contribution in [0.2, 0.25) is 0 Å². The second-order valence-corrected chi connectivity index (χ2v) is 7.26. The minimum Gasteiger partial charge on any atom is -0.314 e. The number of sulfone groups is 1. The molecule has 0 aliphatic carbocycles.